The molecule has 0 saturated heterocycles. The third-order valence-electron chi connectivity index (χ3n) is 4.14. The van der Waals surface area contributed by atoms with Gasteiger partial charge in [-0.3, -0.25) is 4.99 Å². The van der Waals surface area contributed by atoms with Crippen molar-refractivity contribution in [3.63, 3.8) is 0 Å². The SMILES string of the molecule is CN=C(NCCC1=CCOCC1)N1CCc2ccccc21.I. The maximum atomic E-state index is 5.34. The molecule has 1 aromatic rings. The van der Waals surface area contributed by atoms with Gasteiger partial charge in [0.15, 0.2) is 5.96 Å². The molecule has 0 aromatic heterocycles. The molecule has 2 aliphatic rings. The van der Waals surface area contributed by atoms with Crippen molar-refractivity contribution in [3.8, 4) is 0 Å². The fourth-order valence-corrected chi connectivity index (χ4v) is 2.98. The van der Waals surface area contributed by atoms with Crippen LogP contribution in [0, 0.1) is 0 Å². The van der Waals surface area contributed by atoms with Crippen molar-refractivity contribution in [2.24, 2.45) is 4.99 Å². The molecule has 22 heavy (non-hydrogen) atoms. The summed E-state index contributed by atoms with van der Waals surface area (Å²) in [6.45, 7) is 3.57. The molecule has 2 aliphatic heterocycles. The number of nitrogens with one attached hydrogen (secondary N) is 1. The number of hydrogen-bond acceptors (Lipinski definition) is 2. The number of rotatable bonds is 3. The van der Waals surface area contributed by atoms with E-state index in [9.17, 15) is 0 Å². The number of hydrogen-bond donors (Lipinski definition) is 1. The number of fused-ring (bicyclic) bond motifs is 1. The lowest BCUT2D eigenvalue weighted by atomic mass is 10.1. The molecule has 0 saturated carbocycles. The normalized spacial score (nSPS) is 17.6. The van der Waals surface area contributed by atoms with Crippen molar-refractivity contribution in [2.75, 3.05) is 38.3 Å². The number of benzene rings is 1. The molecular formula is C17H24IN3O. The number of ether oxygens (including phenoxy) is 1. The van der Waals surface area contributed by atoms with E-state index < -0.39 is 0 Å². The lowest BCUT2D eigenvalue weighted by molar-refractivity contribution is 0.153. The van der Waals surface area contributed by atoms with Crippen molar-refractivity contribution in [2.45, 2.75) is 19.3 Å². The maximum absolute atomic E-state index is 5.34. The minimum absolute atomic E-state index is 0. The zero-order valence-electron chi connectivity index (χ0n) is 13.0. The Balaban J connectivity index is 0.00000176. The van der Waals surface area contributed by atoms with Crippen LogP contribution in [0.4, 0.5) is 5.69 Å². The number of anilines is 1. The molecule has 0 aliphatic carbocycles. The van der Waals surface area contributed by atoms with Crippen LogP contribution >= 0.6 is 24.0 Å². The smallest absolute Gasteiger partial charge is 0.198 e. The molecule has 120 valence electrons. The Labute approximate surface area is 149 Å². The zero-order valence-corrected chi connectivity index (χ0v) is 15.4. The average molecular weight is 413 g/mol. The first-order valence-corrected chi connectivity index (χ1v) is 7.70. The van der Waals surface area contributed by atoms with Crippen LogP contribution in [-0.4, -0.2) is 39.3 Å². The Morgan fingerprint density at radius 1 is 1.32 bits per heavy atom. The number of aliphatic imine (C=N–C) groups is 1. The first-order chi connectivity index (χ1) is 10.4. The number of para-hydroxylation sites is 1. The van der Waals surface area contributed by atoms with Gasteiger partial charge in [0.05, 0.1) is 13.2 Å². The van der Waals surface area contributed by atoms with Gasteiger partial charge in [-0.2, -0.15) is 0 Å². The van der Waals surface area contributed by atoms with E-state index in [0.717, 1.165) is 51.5 Å². The van der Waals surface area contributed by atoms with Gasteiger partial charge in [-0.25, -0.2) is 0 Å². The van der Waals surface area contributed by atoms with E-state index in [0.29, 0.717) is 0 Å². The Morgan fingerprint density at radius 2 is 2.18 bits per heavy atom. The third kappa shape index (κ3) is 4.01. The van der Waals surface area contributed by atoms with Crippen LogP contribution in [0.1, 0.15) is 18.4 Å². The second kappa shape index (κ2) is 8.53. The van der Waals surface area contributed by atoms with E-state index in [1.807, 2.05) is 7.05 Å². The van der Waals surface area contributed by atoms with Crippen LogP contribution in [0.5, 0.6) is 0 Å². The Hall–Kier alpha value is -1.08. The summed E-state index contributed by atoms with van der Waals surface area (Å²) in [4.78, 5) is 6.72. The second-order valence-electron chi connectivity index (χ2n) is 5.44. The lowest BCUT2D eigenvalue weighted by Gasteiger charge is -2.23. The molecule has 3 rings (SSSR count). The zero-order chi connectivity index (χ0) is 14.5. The highest BCUT2D eigenvalue weighted by atomic mass is 127. The van der Waals surface area contributed by atoms with E-state index in [1.54, 1.807) is 0 Å². The topological polar surface area (TPSA) is 36.9 Å². The summed E-state index contributed by atoms with van der Waals surface area (Å²) in [7, 11) is 1.86. The predicted octanol–water partition coefficient (Wildman–Crippen LogP) is 2.98. The molecule has 1 N–H and O–H groups in total. The van der Waals surface area contributed by atoms with Crippen LogP contribution in [0.3, 0.4) is 0 Å². The highest BCUT2D eigenvalue weighted by Gasteiger charge is 2.22. The van der Waals surface area contributed by atoms with Crippen LogP contribution in [0.15, 0.2) is 40.9 Å². The minimum atomic E-state index is 0. The molecule has 0 bridgehead atoms. The molecule has 4 nitrogen and oxygen atoms in total. The molecule has 0 radical (unpaired) electrons. The monoisotopic (exact) mass is 413 g/mol. The molecule has 0 amide bonds. The minimum Gasteiger partial charge on any atom is -0.377 e. The Morgan fingerprint density at radius 3 is 2.95 bits per heavy atom. The van der Waals surface area contributed by atoms with Gasteiger partial charge in [0.25, 0.3) is 0 Å². The van der Waals surface area contributed by atoms with E-state index in [4.69, 9.17) is 4.74 Å². The first-order valence-electron chi connectivity index (χ1n) is 7.70. The second-order valence-corrected chi connectivity index (χ2v) is 5.44. The highest BCUT2D eigenvalue weighted by molar-refractivity contribution is 14.0. The molecule has 0 atom stereocenters. The van der Waals surface area contributed by atoms with Crippen molar-refractivity contribution in [3.05, 3.63) is 41.5 Å². The quantitative estimate of drug-likeness (QED) is 0.358. The summed E-state index contributed by atoms with van der Waals surface area (Å²) < 4.78 is 5.34. The first kappa shape index (κ1) is 17.3. The molecule has 1 aromatic carbocycles. The standard InChI is InChI=1S/C17H23N3O.HI/c1-18-17(19-10-6-14-8-12-21-13-9-14)20-11-7-15-4-2-3-5-16(15)20;/h2-5,8H,6-7,9-13H2,1H3,(H,18,19);1H. The summed E-state index contributed by atoms with van der Waals surface area (Å²) >= 11 is 0. The molecule has 0 unspecified atom stereocenters. The maximum Gasteiger partial charge on any atom is 0.198 e. The van der Waals surface area contributed by atoms with Gasteiger partial charge in [-0.15, -0.1) is 24.0 Å². The molecule has 5 heteroatoms. The summed E-state index contributed by atoms with van der Waals surface area (Å²) in [6, 6.07) is 8.58. The summed E-state index contributed by atoms with van der Waals surface area (Å²) in [5.41, 5.74) is 4.19. The van der Waals surface area contributed by atoms with Crippen LogP contribution in [-0.2, 0) is 11.2 Å². The lowest BCUT2D eigenvalue weighted by Crippen LogP contribution is -2.41. The van der Waals surface area contributed by atoms with Crippen LogP contribution in [0.2, 0.25) is 0 Å². The van der Waals surface area contributed by atoms with Gasteiger partial charge in [0.2, 0.25) is 0 Å². The predicted molar refractivity (Wildman–Crippen MR) is 102 cm³/mol. The van der Waals surface area contributed by atoms with Crippen molar-refractivity contribution >= 4 is 35.6 Å². The van der Waals surface area contributed by atoms with E-state index in [-0.39, 0.29) is 24.0 Å². The Kier molecular flexibility index (Phi) is 6.70. The summed E-state index contributed by atoms with van der Waals surface area (Å²) in [5, 5.41) is 3.49. The highest BCUT2D eigenvalue weighted by Crippen LogP contribution is 2.27. The van der Waals surface area contributed by atoms with Crippen molar-refractivity contribution < 1.29 is 4.74 Å². The van der Waals surface area contributed by atoms with Gasteiger partial charge >= 0.3 is 0 Å². The van der Waals surface area contributed by atoms with E-state index in [2.05, 4.69) is 45.6 Å². The number of guanidine groups is 1. The summed E-state index contributed by atoms with van der Waals surface area (Å²) in [5.74, 6) is 0.979. The van der Waals surface area contributed by atoms with Gasteiger partial charge < -0.3 is 15.0 Å². The van der Waals surface area contributed by atoms with E-state index >= 15 is 0 Å². The van der Waals surface area contributed by atoms with Gasteiger partial charge in [-0.1, -0.05) is 29.8 Å². The Bertz CT molecular complexity index is 557. The van der Waals surface area contributed by atoms with E-state index in [1.165, 1.54) is 16.8 Å². The summed E-state index contributed by atoms with van der Waals surface area (Å²) in [6.07, 6.45) is 5.43. The number of nitrogens with zero attached hydrogens (tertiary/aromatic N) is 2. The van der Waals surface area contributed by atoms with Gasteiger partial charge in [0, 0.05) is 25.8 Å². The fourth-order valence-electron chi connectivity index (χ4n) is 2.98. The molecule has 0 spiro atoms. The van der Waals surface area contributed by atoms with Crippen LogP contribution in [0.25, 0.3) is 0 Å². The third-order valence-corrected chi connectivity index (χ3v) is 4.14. The van der Waals surface area contributed by atoms with Crippen LogP contribution < -0.4 is 10.2 Å². The van der Waals surface area contributed by atoms with Crippen molar-refractivity contribution in [1.82, 2.24) is 5.32 Å². The fraction of sp³-hybridized carbons (Fsp3) is 0.471. The largest absolute Gasteiger partial charge is 0.377 e. The molecular weight excluding hydrogens is 389 g/mol. The molecule has 0 fully saturated rings. The van der Waals surface area contributed by atoms with Gasteiger partial charge in [0.1, 0.15) is 0 Å². The number of halogens is 1. The van der Waals surface area contributed by atoms with Crippen molar-refractivity contribution in [1.29, 1.82) is 0 Å². The van der Waals surface area contributed by atoms with Gasteiger partial charge in [-0.05, 0) is 30.9 Å². The molecule has 2 heterocycles. The average Bonchev–Trinajstić information content (AvgIpc) is 2.97.